The Morgan fingerprint density at radius 1 is 1.19 bits per heavy atom. The molecule has 0 radical (unpaired) electrons. The molecule has 3 heterocycles. The maximum Gasteiger partial charge on any atom is 0.138 e. The lowest BCUT2D eigenvalue weighted by Crippen LogP contribution is -2.43. The van der Waals surface area contributed by atoms with E-state index in [2.05, 4.69) is 35.8 Å². The Morgan fingerprint density at radius 2 is 2.00 bits per heavy atom. The zero-order valence-corrected chi connectivity index (χ0v) is 19.2. The summed E-state index contributed by atoms with van der Waals surface area (Å²) in [4.78, 5) is 15.0. The SMILES string of the molecule is CC1(/C=C/c2ccc3cc(Br)c(N)nc3c2)CC(N2CCc3c(N)ncnc32)[C@@H](O)C1O. The van der Waals surface area contributed by atoms with E-state index in [1.54, 1.807) is 0 Å². The number of benzene rings is 1. The lowest BCUT2D eigenvalue weighted by Gasteiger charge is -2.28. The minimum Gasteiger partial charge on any atom is -0.389 e. The Morgan fingerprint density at radius 3 is 2.81 bits per heavy atom. The standard InChI is InChI=1S/C23H25BrN6O2/c1-23(6-4-12-2-3-13-9-15(24)21(26)29-16(13)8-12)10-17(18(31)19(23)32)30-7-5-14-20(25)27-11-28-22(14)30/h2-4,6,8-9,11,17-19,31-32H,5,7,10H2,1H3,(H2,26,29)(H2,25,27,28)/b6-4+/t17?,18-,19?,23?/m1/s1. The van der Waals surface area contributed by atoms with Gasteiger partial charge in [0, 0.05) is 22.9 Å². The third-order valence-corrected chi connectivity index (χ3v) is 7.39. The molecule has 0 bridgehead atoms. The van der Waals surface area contributed by atoms with Gasteiger partial charge in [-0.15, -0.1) is 0 Å². The Bertz CT molecular complexity index is 1230. The van der Waals surface area contributed by atoms with Crippen molar-refractivity contribution in [2.24, 2.45) is 5.41 Å². The number of aromatic nitrogens is 3. The molecule has 5 rings (SSSR count). The van der Waals surface area contributed by atoms with Crippen LogP contribution in [0.4, 0.5) is 17.5 Å². The molecular formula is C23H25BrN6O2. The summed E-state index contributed by atoms with van der Waals surface area (Å²) in [5.41, 5.74) is 14.0. The topological polar surface area (TPSA) is 134 Å². The molecule has 1 fully saturated rings. The smallest absolute Gasteiger partial charge is 0.138 e. The lowest BCUT2D eigenvalue weighted by atomic mass is 9.85. The molecule has 1 aliphatic heterocycles. The molecule has 0 amide bonds. The molecule has 1 aromatic carbocycles. The molecule has 2 aromatic heterocycles. The fourth-order valence-corrected chi connectivity index (χ4v) is 5.22. The Kier molecular flexibility index (Phi) is 5.07. The highest BCUT2D eigenvalue weighted by molar-refractivity contribution is 9.10. The zero-order valence-electron chi connectivity index (χ0n) is 17.6. The number of aliphatic hydroxyl groups is 2. The van der Waals surface area contributed by atoms with Crippen molar-refractivity contribution < 1.29 is 10.2 Å². The van der Waals surface area contributed by atoms with Crippen LogP contribution in [-0.4, -0.2) is 50.0 Å². The average Bonchev–Trinajstić information content (AvgIpc) is 3.29. The van der Waals surface area contributed by atoms with Gasteiger partial charge in [0.05, 0.1) is 22.1 Å². The van der Waals surface area contributed by atoms with E-state index < -0.39 is 17.6 Å². The fourth-order valence-electron chi connectivity index (χ4n) is 4.88. The van der Waals surface area contributed by atoms with Crippen LogP contribution in [0, 0.1) is 5.41 Å². The number of nitrogen functional groups attached to an aromatic ring is 2. The van der Waals surface area contributed by atoms with Crippen molar-refractivity contribution in [3.05, 3.63) is 52.3 Å². The van der Waals surface area contributed by atoms with Crippen LogP contribution in [0.5, 0.6) is 0 Å². The highest BCUT2D eigenvalue weighted by Crippen LogP contribution is 2.45. The van der Waals surface area contributed by atoms with E-state index in [-0.39, 0.29) is 6.04 Å². The molecule has 32 heavy (non-hydrogen) atoms. The van der Waals surface area contributed by atoms with E-state index in [9.17, 15) is 10.2 Å². The Hall–Kier alpha value is -2.75. The van der Waals surface area contributed by atoms with Gasteiger partial charge in [-0.3, -0.25) is 0 Å². The third kappa shape index (κ3) is 3.41. The number of anilines is 3. The van der Waals surface area contributed by atoms with Gasteiger partial charge in [0.1, 0.15) is 29.9 Å². The predicted octanol–water partition coefficient (Wildman–Crippen LogP) is 2.53. The van der Waals surface area contributed by atoms with Gasteiger partial charge in [-0.25, -0.2) is 15.0 Å². The molecule has 0 saturated heterocycles. The molecule has 3 unspecified atom stereocenters. The Labute approximate surface area is 194 Å². The average molecular weight is 497 g/mol. The molecule has 6 N–H and O–H groups in total. The third-order valence-electron chi connectivity index (χ3n) is 6.75. The number of nitrogens with zero attached hydrogens (tertiary/aromatic N) is 4. The fraction of sp³-hybridized carbons (Fsp3) is 0.348. The summed E-state index contributed by atoms with van der Waals surface area (Å²) in [6.45, 7) is 2.66. The van der Waals surface area contributed by atoms with Gasteiger partial charge in [0.25, 0.3) is 0 Å². The molecule has 3 aromatic rings. The van der Waals surface area contributed by atoms with E-state index in [1.165, 1.54) is 6.33 Å². The van der Waals surface area contributed by atoms with Crippen LogP contribution in [0.25, 0.3) is 17.0 Å². The first-order valence-corrected chi connectivity index (χ1v) is 11.3. The van der Waals surface area contributed by atoms with Gasteiger partial charge in [-0.2, -0.15) is 0 Å². The zero-order chi connectivity index (χ0) is 22.6. The van der Waals surface area contributed by atoms with Crippen molar-refractivity contribution in [2.45, 2.75) is 38.0 Å². The number of halogens is 1. The van der Waals surface area contributed by atoms with E-state index >= 15 is 0 Å². The maximum absolute atomic E-state index is 10.9. The van der Waals surface area contributed by atoms with E-state index in [4.69, 9.17) is 11.5 Å². The summed E-state index contributed by atoms with van der Waals surface area (Å²) in [5.74, 6) is 1.68. The minimum absolute atomic E-state index is 0.259. The highest BCUT2D eigenvalue weighted by atomic mass is 79.9. The van der Waals surface area contributed by atoms with Crippen LogP contribution in [0.2, 0.25) is 0 Å². The summed E-state index contributed by atoms with van der Waals surface area (Å²) in [6.07, 6.45) is 4.91. The van der Waals surface area contributed by atoms with Crippen LogP contribution in [0.1, 0.15) is 24.5 Å². The van der Waals surface area contributed by atoms with Gasteiger partial charge >= 0.3 is 0 Å². The first-order chi connectivity index (χ1) is 15.3. The van der Waals surface area contributed by atoms with Crippen molar-refractivity contribution in [1.82, 2.24) is 15.0 Å². The lowest BCUT2D eigenvalue weighted by molar-refractivity contribution is -0.00109. The van der Waals surface area contributed by atoms with E-state index in [1.807, 2.05) is 43.3 Å². The predicted molar refractivity (Wildman–Crippen MR) is 129 cm³/mol. The number of fused-ring (bicyclic) bond motifs is 2. The van der Waals surface area contributed by atoms with Crippen LogP contribution >= 0.6 is 15.9 Å². The van der Waals surface area contributed by atoms with Gasteiger partial charge in [-0.1, -0.05) is 31.2 Å². The van der Waals surface area contributed by atoms with Gasteiger partial charge < -0.3 is 26.6 Å². The van der Waals surface area contributed by atoms with E-state index in [0.29, 0.717) is 24.6 Å². The quantitative estimate of drug-likeness (QED) is 0.434. The molecule has 8 nitrogen and oxygen atoms in total. The molecule has 2 aliphatic rings. The van der Waals surface area contributed by atoms with Crippen molar-refractivity contribution in [2.75, 3.05) is 22.9 Å². The van der Waals surface area contributed by atoms with Crippen molar-refractivity contribution in [3.63, 3.8) is 0 Å². The summed E-state index contributed by atoms with van der Waals surface area (Å²) < 4.78 is 0.769. The maximum atomic E-state index is 10.9. The number of rotatable bonds is 3. The van der Waals surface area contributed by atoms with Crippen molar-refractivity contribution >= 4 is 50.4 Å². The normalized spacial score (nSPS) is 27.5. The largest absolute Gasteiger partial charge is 0.389 e. The van der Waals surface area contributed by atoms with Crippen molar-refractivity contribution in [3.8, 4) is 0 Å². The summed E-state index contributed by atoms with van der Waals surface area (Å²) in [6, 6.07) is 7.63. The molecule has 166 valence electrons. The van der Waals surface area contributed by atoms with Crippen molar-refractivity contribution in [1.29, 1.82) is 0 Å². The van der Waals surface area contributed by atoms with E-state index in [0.717, 1.165) is 38.7 Å². The number of nitrogens with two attached hydrogens (primary N) is 2. The monoisotopic (exact) mass is 496 g/mol. The molecular weight excluding hydrogens is 472 g/mol. The molecule has 1 aliphatic carbocycles. The first kappa shape index (κ1) is 21.1. The second-order valence-electron chi connectivity index (χ2n) is 8.86. The van der Waals surface area contributed by atoms with Gasteiger partial charge in [0.15, 0.2) is 0 Å². The molecule has 1 saturated carbocycles. The Balaban J connectivity index is 1.41. The second kappa shape index (κ2) is 7.68. The number of pyridine rings is 1. The summed E-state index contributed by atoms with van der Waals surface area (Å²) in [7, 11) is 0. The van der Waals surface area contributed by atoms with Gasteiger partial charge in [-0.05, 0) is 46.5 Å². The first-order valence-electron chi connectivity index (χ1n) is 10.5. The van der Waals surface area contributed by atoms with Crippen LogP contribution in [0.3, 0.4) is 0 Å². The molecule has 9 heteroatoms. The van der Waals surface area contributed by atoms with Crippen LogP contribution in [-0.2, 0) is 6.42 Å². The molecule has 4 atom stereocenters. The number of hydrogen-bond acceptors (Lipinski definition) is 8. The summed E-state index contributed by atoms with van der Waals surface area (Å²) >= 11 is 3.41. The number of aliphatic hydroxyl groups excluding tert-OH is 2. The summed E-state index contributed by atoms with van der Waals surface area (Å²) in [5, 5.41) is 22.8. The second-order valence-corrected chi connectivity index (χ2v) is 9.71. The van der Waals surface area contributed by atoms with Gasteiger partial charge in [0.2, 0.25) is 0 Å². The highest BCUT2D eigenvalue weighted by Gasteiger charge is 2.51. The van der Waals surface area contributed by atoms with Crippen LogP contribution in [0.15, 0.2) is 41.1 Å². The number of hydrogen-bond donors (Lipinski definition) is 4. The molecule has 0 spiro atoms. The van der Waals surface area contributed by atoms with Crippen LogP contribution < -0.4 is 16.4 Å². The minimum atomic E-state index is -0.905.